The zero-order valence-electron chi connectivity index (χ0n) is 13.8. The van der Waals surface area contributed by atoms with E-state index in [0.29, 0.717) is 12.0 Å². The fourth-order valence-electron chi connectivity index (χ4n) is 2.39. The van der Waals surface area contributed by atoms with Crippen LogP contribution in [-0.4, -0.2) is 44.3 Å². The number of aromatic nitrogens is 3. The minimum Gasteiger partial charge on any atom is -0.356 e. The number of aliphatic imine (C=N–C) groups is 1. The number of halogens is 1. The summed E-state index contributed by atoms with van der Waals surface area (Å²) in [6.07, 6.45) is 1.70. The summed E-state index contributed by atoms with van der Waals surface area (Å²) in [4.78, 5) is 7.05. The number of nitrogens with zero attached hydrogens (tertiary/aromatic N) is 5. The van der Waals surface area contributed by atoms with Crippen LogP contribution in [0, 0.1) is 5.41 Å². The third-order valence-corrected chi connectivity index (χ3v) is 4.65. The smallest absolute Gasteiger partial charge is 0.194 e. The summed E-state index contributed by atoms with van der Waals surface area (Å²) >= 11 is 0. The van der Waals surface area contributed by atoms with Gasteiger partial charge in [-0.15, -0.1) is 34.2 Å². The van der Waals surface area contributed by atoms with Crippen LogP contribution in [0.2, 0.25) is 0 Å². The van der Waals surface area contributed by atoms with Crippen LogP contribution in [0.4, 0.5) is 0 Å². The minimum absolute atomic E-state index is 0. The summed E-state index contributed by atoms with van der Waals surface area (Å²) in [6, 6.07) is 0. The Morgan fingerprint density at radius 2 is 2.05 bits per heavy atom. The lowest BCUT2D eigenvalue weighted by Gasteiger charge is -2.62. The minimum atomic E-state index is 0. The first kappa shape index (κ1) is 18.2. The summed E-state index contributed by atoms with van der Waals surface area (Å²) in [7, 11) is 1.94. The van der Waals surface area contributed by atoms with E-state index in [-0.39, 0.29) is 29.5 Å². The predicted molar refractivity (Wildman–Crippen MR) is 95.8 cm³/mol. The molecule has 21 heavy (non-hydrogen) atoms. The molecule has 2 heterocycles. The molecule has 1 aromatic heterocycles. The molecule has 0 aromatic carbocycles. The van der Waals surface area contributed by atoms with Gasteiger partial charge in [-0.2, -0.15) is 0 Å². The first-order valence-corrected chi connectivity index (χ1v) is 7.18. The molecule has 120 valence electrons. The van der Waals surface area contributed by atoms with Crippen molar-refractivity contribution in [3.63, 3.8) is 0 Å². The second-order valence-corrected chi connectivity index (χ2v) is 6.56. The van der Waals surface area contributed by atoms with Crippen molar-refractivity contribution in [1.82, 2.24) is 25.0 Å². The maximum absolute atomic E-state index is 4.71. The molecule has 1 N–H and O–H groups in total. The average molecular weight is 406 g/mol. The van der Waals surface area contributed by atoms with Gasteiger partial charge in [-0.05, 0) is 20.8 Å². The van der Waals surface area contributed by atoms with E-state index in [1.807, 2.05) is 11.6 Å². The quantitative estimate of drug-likeness (QED) is 0.474. The van der Waals surface area contributed by atoms with E-state index in [1.54, 1.807) is 6.33 Å². The van der Waals surface area contributed by atoms with Crippen molar-refractivity contribution in [2.24, 2.45) is 17.5 Å². The van der Waals surface area contributed by atoms with E-state index in [0.717, 1.165) is 24.9 Å². The highest BCUT2D eigenvalue weighted by molar-refractivity contribution is 14.0. The van der Waals surface area contributed by atoms with Gasteiger partial charge in [0.1, 0.15) is 12.9 Å². The van der Waals surface area contributed by atoms with Gasteiger partial charge in [-0.1, -0.05) is 13.8 Å². The molecule has 0 aliphatic carbocycles. The monoisotopic (exact) mass is 406 g/mol. The molecule has 0 unspecified atom stereocenters. The van der Waals surface area contributed by atoms with Crippen LogP contribution in [0.15, 0.2) is 11.3 Å². The molecule has 1 fully saturated rings. The van der Waals surface area contributed by atoms with Crippen molar-refractivity contribution in [3.05, 3.63) is 12.2 Å². The summed E-state index contributed by atoms with van der Waals surface area (Å²) in [5.41, 5.74) is 0.405. The topological polar surface area (TPSA) is 58.3 Å². The van der Waals surface area contributed by atoms with E-state index >= 15 is 0 Å². The zero-order valence-corrected chi connectivity index (χ0v) is 16.2. The molecule has 1 aromatic rings. The average Bonchev–Trinajstić information content (AvgIpc) is 2.77. The van der Waals surface area contributed by atoms with Crippen LogP contribution in [0.3, 0.4) is 0 Å². The SMILES string of the molecule is CCNC(=NCc1nncn1C)N1CC(C)(C)C1(C)C.I. The Morgan fingerprint density at radius 3 is 2.48 bits per heavy atom. The van der Waals surface area contributed by atoms with Gasteiger partial charge in [-0.3, -0.25) is 0 Å². The number of likely N-dealkylation sites (tertiary alicyclic amines) is 1. The van der Waals surface area contributed by atoms with Gasteiger partial charge in [0, 0.05) is 31.1 Å². The number of nitrogens with one attached hydrogen (secondary N) is 1. The predicted octanol–water partition coefficient (Wildman–Crippen LogP) is 2.02. The fraction of sp³-hybridized carbons (Fsp3) is 0.786. The van der Waals surface area contributed by atoms with E-state index in [1.165, 1.54) is 0 Å². The highest BCUT2D eigenvalue weighted by Gasteiger charge is 2.53. The number of aryl methyl sites for hydroxylation is 1. The number of guanidine groups is 1. The lowest BCUT2D eigenvalue weighted by Crippen LogP contribution is -2.72. The third-order valence-electron chi connectivity index (χ3n) is 4.65. The Balaban J connectivity index is 0.00000220. The van der Waals surface area contributed by atoms with E-state index in [9.17, 15) is 0 Å². The zero-order chi connectivity index (χ0) is 15.0. The summed E-state index contributed by atoms with van der Waals surface area (Å²) < 4.78 is 1.90. The van der Waals surface area contributed by atoms with Crippen molar-refractivity contribution in [2.75, 3.05) is 13.1 Å². The maximum Gasteiger partial charge on any atom is 0.194 e. The maximum atomic E-state index is 4.71. The van der Waals surface area contributed by atoms with E-state index in [4.69, 9.17) is 4.99 Å². The van der Waals surface area contributed by atoms with Gasteiger partial charge in [0.25, 0.3) is 0 Å². The number of hydrogen-bond acceptors (Lipinski definition) is 3. The second kappa shape index (κ2) is 6.50. The van der Waals surface area contributed by atoms with Crippen molar-refractivity contribution >= 4 is 29.9 Å². The molecule has 0 amide bonds. The molecule has 1 aliphatic heterocycles. The van der Waals surface area contributed by atoms with Gasteiger partial charge >= 0.3 is 0 Å². The largest absolute Gasteiger partial charge is 0.356 e. The number of hydrogen-bond donors (Lipinski definition) is 1. The molecule has 2 rings (SSSR count). The first-order chi connectivity index (χ1) is 9.29. The standard InChI is InChI=1S/C14H26N6.HI/c1-7-15-12(16-8-11-18-17-10-19(11)6)20-9-13(2,3)14(20,4)5;/h10H,7-9H2,1-6H3,(H,15,16);1H. The highest BCUT2D eigenvalue weighted by Crippen LogP contribution is 2.46. The molecule has 6 nitrogen and oxygen atoms in total. The van der Waals surface area contributed by atoms with Gasteiger partial charge in [-0.25, -0.2) is 4.99 Å². The van der Waals surface area contributed by atoms with Gasteiger partial charge in [0.05, 0.1) is 0 Å². The Labute approximate surface area is 144 Å². The molecule has 7 heteroatoms. The van der Waals surface area contributed by atoms with Crippen LogP contribution in [0.1, 0.15) is 40.4 Å². The molecular weight excluding hydrogens is 379 g/mol. The first-order valence-electron chi connectivity index (χ1n) is 7.18. The molecule has 0 saturated carbocycles. The van der Waals surface area contributed by atoms with Crippen molar-refractivity contribution in [1.29, 1.82) is 0 Å². The van der Waals surface area contributed by atoms with Crippen molar-refractivity contribution in [2.45, 2.75) is 46.7 Å². The Kier molecular flexibility index (Phi) is 5.63. The summed E-state index contributed by atoms with van der Waals surface area (Å²) in [6.45, 7) is 13.7. The van der Waals surface area contributed by atoms with Crippen LogP contribution < -0.4 is 5.32 Å². The Hall–Kier alpha value is -0.860. The molecule has 1 saturated heterocycles. The third kappa shape index (κ3) is 3.32. The molecule has 1 aliphatic rings. The van der Waals surface area contributed by atoms with Crippen LogP contribution >= 0.6 is 24.0 Å². The van der Waals surface area contributed by atoms with E-state index in [2.05, 4.69) is 55.0 Å². The Bertz CT molecular complexity index is 505. The summed E-state index contributed by atoms with van der Waals surface area (Å²) in [5, 5.41) is 11.3. The van der Waals surface area contributed by atoms with Gasteiger partial charge in [0.2, 0.25) is 0 Å². The molecule has 0 radical (unpaired) electrons. The lowest BCUT2D eigenvalue weighted by molar-refractivity contribution is -0.0668. The molecular formula is C14H27IN6. The Morgan fingerprint density at radius 1 is 1.38 bits per heavy atom. The second-order valence-electron chi connectivity index (χ2n) is 6.56. The van der Waals surface area contributed by atoms with Crippen molar-refractivity contribution in [3.8, 4) is 0 Å². The van der Waals surface area contributed by atoms with Gasteiger partial charge in [0.15, 0.2) is 11.8 Å². The lowest BCUT2D eigenvalue weighted by atomic mass is 9.65. The molecule has 0 atom stereocenters. The van der Waals surface area contributed by atoms with Gasteiger partial charge < -0.3 is 14.8 Å². The van der Waals surface area contributed by atoms with Crippen LogP contribution in [0.5, 0.6) is 0 Å². The van der Waals surface area contributed by atoms with Crippen molar-refractivity contribution < 1.29 is 0 Å². The highest BCUT2D eigenvalue weighted by atomic mass is 127. The van der Waals surface area contributed by atoms with Crippen LogP contribution in [-0.2, 0) is 13.6 Å². The summed E-state index contributed by atoms with van der Waals surface area (Å²) in [5.74, 6) is 1.83. The molecule has 0 spiro atoms. The fourth-order valence-corrected chi connectivity index (χ4v) is 2.39. The number of rotatable bonds is 3. The normalized spacial score (nSPS) is 19.7. The molecule has 0 bridgehead atoms. The van der Waals surface area contributed by atoms with E-state index < -0.39 is 0 Å². The van der Waals surface area contributed by atoms with Crippen LogP contribution in [0.25, 0.3) is 0 Å².